The first-order chi connectivity index (χ1) is 10.8. The van der Waals surface area contributed by atoms with Crippen LogP contribution in [0.15, 0.2) is 23.3 Å². The van der Waals surface area contributed by atoms with E-state index in [0.29, 0.717) is 18.7 Å². The molecule has 1 heterocycles. The van der Waals surface area contributed by atoms with Crippen LogP contribution in [0.1, 0.15) is 51.0 Å². The van der Waals surface area contributed by atoms with Gasteiger partial charge in [-0.15, -0.1) is 0 Å². The van der Waals surface area contributed by atoms with E-state index in [2.05, 4.69) is 33.6 Å². The second kappa shape index (κ2) is 7.47. The molecule has 0 unspecified atom stereocenters. The quantitative estimate of drug-likeness (QED) is 0.626. The summed E-state index contributed by atoms with van der Waals surface area (Å²) in [5.41, 5.74) is 1.06. The Bertz CT molecular complexity index is 507. The highest BCUT2D eigenvalue weighted by Crippen LogP contribution is 2.25. The molecule has 0 spiro atoms. The lowest BCUT2D eigenvalue weighted by molar-refractivity contribution is 0.199. The van der Waals surface area contributed by atoms with Crippen LogP contribution in [0.3, 0.4) is 0 Å². The lowest BCUT2D eigenvalue weighted by Crippen LogP contribution is -2.38. The maximum Gasteiger partial charge on any atom is 0.218 e. The van der Waals surface area contributed by atoms with Gasteiger partial charge in [-0.05, 0) is 51.5 Å². The smallest absolute Gasteiger partial charge is 0.218 e. The summed E-state index contributed by atoms with van der Waals surface area (Å²) in [6, 6.07) is 4.61. The molecule has 22 heavy (non-hydrogen) atoms. The Kier molecular flexibility index (Phi) is 5.14. The lowest BCUT2D eigenvalue weighted by atomic mass is 10.2. The molecule has 2 saturated carbocycles. The van der Waals surface area contributed by atoms with E-state index in [9.17, 15) is 0 Å². The fourth-order valence-corrected chi connectivity index (χ4v) is 2.72. The third-order valence-corrected chi connectivity index (χ3v) is 4.10. The predicted octanol–water partition coefficient (Wildman–Crippen LogP) is 2.62. The van der Waals surface area contributed by atoms with Gasteiger partial charge < -0.3 is 15.4 Å². The number of aliphatic imine (C=N–C) groups is 1. The summed E-state index contributed by atoms with van der Waals surface area (Å²) in [7, 11) is 0. The SMILES string of the molecule is CCNC(=NCc1cccnc1OC1CCCC1)NC1CC1. The maximum atomic E-state index is 6.07. The molecule has 0 amide bonds. The molecular weight excluding hydrogens is 276 g/mol. The number of pyridine rings is 1. The lowest BCUT2D eigenvalue weighted by Gasteiger charge is -2.15. The highest BCUT2D eigenvalue weighted by Gasteiger charge is 2.22. The Labute approximate surface area is 132 Å². The van der Waals surface area contributed by atoms with Crippen molar-refractivity contribution in [2.24, 2.45) is 4.99 Å². The molecule has 5 heteroatoms. The first kappa shape index (κ1) is 15.1. The van der Waals surface area contributed by atoms with E-state index in [4.69, 9.17) is 4.74 Å². The molecule has 1 aromatic rings. The molecule has 0 saturated heterocycles. The van der Waals surface area contributed by atoms with Crippen LogP contribution >= 0.6 is 0 Å². The third kappa shape index (κ3) is 4.36. The third-order valence-electron chi connectivity index (χ3n) is 4.10. The average Bonchev–Trinajstić information content (AvgIpc) is 3.20. The van der Waals surface area contributed by atoms with E-state index in [1.165, 1.54) is 25.7 Å². The standard InChI is InChI=1S/C17H26N4O/c1-2-18-17(21-14-9-10-14)20-12-13-6-5-11-19-16(13)22-15-7-3-4-8-15/h5-6,11,14-15H,2-4,7-10,12H2,1H3,(H2,18,20,21). The van der Waals surface area contributed by atoms with E-state index in [1.54, 1.807) is 6.20 Å². The zero-order valence-corrected chi connectivity index (χ0v) is 13.3. The van der Waals surface area contributed by atoms with Crippen LogP contribution in [0.2, 0.25) is 0 Å². The molecule has 5 nitrogen and oxygen atoms in total. The topological polar surface area (TPSA) is 58.5 Å². The highest BCUT2D eigenvalue weighted by molar-refractivity contribution is 5.80. The summed E-state index contributed by atoms with van der Waals surface area (Å²) in [6.45, 7) is 3.55. The van der Waals surface area contributed by atoms with Gasteiger partial charge in [0.1, 0.15) is 6.10 Å². The van der Waals surface area contributed by atoms with Crippen LogP contribution < -0.4 is 15.4 Å². The van der Waals surface area contributed by atoms with Crippen molar-refractivity contribution in [1.29, 1.82) is 0 Å². The molecule has 120 valence electrons. The number of hydrogen-bond acceptors (Lipinski definition) is 3. The summed E-state index contributed by atoms with van der Waals surface area (Å²) in [4.78, 5) is 9.08. The number of guanidine groups is 1. The van der Waals surface area contributed by atoms with Gasteiger partial charge in [-0.1, -0.05) is 6.07 Å². The molecular formula is C17H26N4O. The van der Waals surface area contributed by atoms with E-state index in [-0.39, 0.29) is 0 Å². The normalized spacial score (nSPS) is 19.2. The van der Waals surface area contributed by atoms with Crippen LogP contribution in [-0.4, -0.2) is 29.6 Å². The molecule has 0 radical (unpaired) electrons. The van der Waals surface area contributed by atoms with Gasteiger partial charge in [0.2, 0.25) is 5.88 Å². The minimum atomic E-state index is 0.329. The van der Waals surface area contributed by atoms with Gasteiger partial charge in [0.15, 0.2) is 5.96 Å². The first-order valence-electron chi connectivity index (χ1n) is 8.50. The van der Waals surface area contributed by atoms with Crippen molar-refractivity contribution in [2.75, 3.05) is 6.54 Å². The zero-order valence-electron chi connectivity index (χ0n) is 13.3. The molecule has 3 rings (SSSR count). The van der Waals surface area contributed by atoms with Crippen LogP contribution in [0.4, 0.5) is 0 Å². The number of nitrogens with one attached hydrogen (secondary N) is 2. The Morgan fingerprint density at radius 3 is 2.86 bits per heavy atom. The van der Waals surface area contributed by atoms with Crippen molar-refractivity contribution in [2.45, 2.75) is 64.1 Å². The van der Waals surface area contributed by atoms with E-state index in [0.717, 1.165) is 36.8 Å². The van der Waals surface area contributed by atoms with Crippen molar-refractivity contribution in [1.82, 2.24) is 15.6 Å². The molecule has 0 aromatic carbocycles. The second-order valence-corrected chi connectivity index (χ2v) is 6.11. The average molecular weight is 302 g/mol. The first-order valence-corrected chi connectivity index (χ1v) is 8.50. The minimum Gasteiger partial charge on any atom is -0.474 e. The monoisotopic (exact) mass is 302 g/mol. The minimum absolute atomic E-state index is 0.329. The second-order valence-electron chi connectivity index (χ2n) is 6.11. The van der Waals surface area contributed by atoms with Crippen molar-refractivity contribution in [3.8, 4) is 5.88 Å². The number of aromatic nitrogens is 1. The van der Waals surface area contributed by atoms with Gasteiger partial charge >= 0.3 is 0 Å². The summed E-state index contributed by atoms with van der Waals surface area (Å²) < 4.78 is 6.07. The Morgan fingerprint density at radius 2 is 2.14 bits per heavy atom. The Hall–Kier alpha value is -1.78. The van der Waals surface area contributed by atoms with Crippen LogP contribution in [-0.2, 0) is 6.54 Å². The van der Waals surface area contributed by atoms with Gasteiger partial charge in [0, 0.05) is 24.3 Å². The Morgan fingerprint density at radius 1 is 1.32 bits per heavy atom. The molecule has 0 aliphatic heterocycles. The van der Waals surface area contributed by atoms with Gasteiger partial charge in [0.25, 0.3) is 0 Å². The van der Waals surface area contributed by atoms with E-state index < -0.39 is 0 Å². The highest BCUT2D eigenvalue weighted by atomic mass is 16.5. The summed E-state index contributed by atoms with van der Waals surface area (Å²) in [5.74, 6) is 1.64. The van der Waals surface area contributed by atoms with Crippen molar-refractivity contribution < 1.29 is 4.74 Å². The zero-order chi connectivity index (χ0) is 15.2. The molecule has 1 aromatic heterocycles. The molecule has 0 atom stereocenters. The number of hydrogen-bond donors (Lipinski definition) is 2. The van der Waals surface area contributed by atoms with Gasteiger partial charge in [-0.25, -0.2) is 9.98 Å². The molecule has 2 aliphatic rings. The largest absolute Gasteiger partial charge is 0.474 e. The van der Waals surface area contributed by atoms with E-state index in [1.807, 2.05) is 6.07 Å². The van der Waals surface area contributed by atoms with Crippen molar-refractivity contribution >= 4 is 5.96 Å². The van der Waals surface area contributed by atoms with Crippen molar-refractivity contribution in [3.05, 3.63) is 23.9 Å². The van der Waals surface area contributed by atoms with Gasteiger partial charge in [0.05, 0.1) is 6.54 Å². The van der Waals surface area contributed by atoms with Crippen LogP contribution in [0, 0.1) is 0 Å². The van der Waals surface area contributed by atoms with Gasteiger partial charge in [-0.2, -0.15) is 0 Å². The van der Waals surface area contributed by atoms with Crippen LogP contribution in [0.5, 0.6) is 5.88 Å². The number of nitrogens with zero attached hydrogens (tertiary/aromatic N) is 2. The van der Waals surface area contributed by atoms with Gasteiger partial charge in [-0.3, -0.25) is 0 Å². The molecule has 2 fully saturated rings. The summed E-state index contributed by atoms with van der Waals surface area (Å²) in [5, 5.41) is 6.73. The molecule has 0 bridgehead atoms. The number of rotatable bonds is 6. The molecule has 2 aliphatic carbocycles. The fraction of sp³-hybridized carbons (Fsp3) is 0.647. The van der Waals surface area contributed by atoms with E-state index >= 15 is 0 Å². The number of ether oxygens (including phenoxy) is 1. The Balaban J connectivity index is 1.64. The molecule has 2 N–H and O–H groups in total. The summed E-state index contributed by atoms with van der Waals surface area (Å²) in [6.07, 6.45) is 9.43. The van der Waals surface area contributed by atoms with Crippen LogP contribution in [0.25, 0.3) is 0 Å². The predicted molar refractivity (Wildman–Crippen MR) is 88.1 cm³/mol. The summed E-state index contributed by atoms with van der Waals surface area (Å²) >= 11 is 0. The van der Waals surface area contributed by atoms with Crippen molar-refractivity contribution in [3.63, 3.8) is 0 Å². The fourth-order valence-electron chi connectivity index (χ4n) is 2.72. The maximum absolute atomic E-state index is 6.07.